The van der Waals surface area contributed by atoms with Gasteiger partial charge in [-0.05, 0) is 53.9 Å². The predicted octanol–water partition coefficient (Wildman–Crippen LogP) is 5.78. The van der Waals surface area contributed by atoms with Crippen molar-refractivity contribution < 1.29 is 9.84 Å². The van der Waals surface area contributed by atoms with Crippen molar-refractivity contribution in [1.82, 2.24) is 0 Å². The first-order valence-electron chi connectivity index (χ1n) is 7.49. The summed E-state index contributed by atoms with van der Waals surface area (Å²) in [5.74, 6) is 1.10. The third-order valence-electron chi connectivity index (χ3n) is 3.64. The number of phenols is 1. The number of phenolic OH excluding ortho intramolecular Hbond substituents is 1. The molecule has 0 radical (unpaired) electrons. The van der Waals surface area contributed by atoms with Gasteiger partial charge in [-0.25, -0.2) is 0 Å². The second kappa shape index (κ2) is 6.76. The van der Waals surface area contributed by atoms with Crippen LogP contribution in [0.2, 0.25) is 5.02 Å². The Labute approximate surface area is 140 Å². The summed E-state index contributed by atoms with van der Waals surface area (Å²) in [5.41, 5.74) is 4.19. The molecule has 0 saturated carbocycles. The van der Waals surface area contributed by atoms with Crippen LogP contribution in [-0.4, -0.2) is 11.7 Å². The van der Waals surface area contributed by atoms with Crippen LogP contribution in [-0.2, 0) is 0 Å². The molecule has 0 saturated heterocycles. The smallest absolute Gasteiger partial charge is 0.127 e. The van der Waals surface area contributed by atoms with Gasteiger partial charge in [0, 0.05) is 10.6 Å². The van der Waals surface area contributed by atoms with E-state index < -0.39 is 0 Å². The van der Waals surface area contributed by atoms with Crippen molar-refractivity contribution in [2.24, 2.45) is 0 Å². The Morgan fingerprint density at radius 1 is 0.826 bits per heavy atom. The Hall–Kier alpha value is -2.45. The van der Waals surface area contributed by atoms with Gasteiger partial charge in [-0.3, -0.25) is 0 Å². The first-order valence-corrected chi connectivity index (χ1v) is 7.87. The molecule has 0 aliphatic carbocycles. The third kappa shape index (κ3) is 3.49. The molecule has 0 atom stereocenters. The summed E-state index contributed by atoms with van der Waals surface area (Å²) < 4.78 is 5.69. The quantitative estimate of drug-likeness (QED) is 0.659. The van der Waals surface area contributed by atoms with Gasteiger partial charge in [0.2, 0.25) is 0 Å². The zero-order valence-electron chi connectivity index (χ0n) is 12.8. The molecular weight excluding hydrogens is 308 g/mol. The fourth-order valence-corrected chi connectivity index (χ4v) is 2.68. The van der Waals surface area contributed by atoms with Gasteiger partial charge in [-0.15, -0.1) is 0 Å². The van der Waals surface area contributed by atoms with Gasteiger partial charge in [0.15, 0.2) is 0 Å². The normalized spacial score (nSPS) is 10.5. The van der Waals surface area contributed by atoms with Crippen molar-refractivity contribution in [1.29, 1.82) is 0 Å². The minimum atomic E-state index is 0.269. The zero-order valence-corrected chi connectivity index (χ0v) is 13.5. The van der Waals surface area contributed by atoms with Crippen molar-refractivity contribution in [3.63, 3.8) is 0 Å². The number of ether oxygens (including phenoxy) is 1. The lowest BCUT2D eigenvalue weighted by atomic mass is 10.00. The molecule has 116 valence electrons. The molecular formula is C20H17ClO2. The fourth-order valence-electron chi connectivity index (χ4n) is 2.51. The summed E-state index contributed by atoms with van der Waals surface area (Å²) in [6, 6.07) is 21.0. The van der Waals surface area contributed by atoms with Gasteiger partial charge < -0.3 is 9.84 Å². The molecule has 0 aliphatic heterocycles. The van der Waals surface area contributed by atoms with Gasteiger partial charge in [0.25, 0.3) is 0 Å². The number of benzene rings is 3. The van der Waals surface area contributed by atoms with E-state index in [1.54, 1.807) is 12.1 Å². The van der Waals surface area contributed by atoms with E-state index in [2.05, 4.69) is 24.3 Å². The van der Waals surface area contributed by atoms with Crippen LogP contribution in [0.5, 0.6) is 11.5 Å². The van der Waals surface area contributed by atoms with Gasteiger partial charge >= 0.3 is 0 Å². The van der Waals surface area contributed by atoms with Crippen LogP contribution in [0.3, 0.4) is 0 Å². The summed E-state index contributed by atoms with van der Waals surface area (Å²) >= 11 is 6.13. The molecule has 23 heavy (non-hydrogen) atoms. The highest BCUT2D eigenvalue weighted by molar-refractivity contribution is 6.31. The average Bonchev–Trinajstić information content (AvgIpc) is 2.58. The molecule has 0 fully saturated rings. The van der Waals surface area contributed by atoms with Crippen LogP contribution in [0.25, 0.3) is 22.3 Å². The van der Waals surface area contributed by atoms with Crippen LogP contribution in [0.1, 0.15) is 6.92 Å². The SMILES string of the molecule is CCOc1ccc(Cl)cc1-c1ccc(-c2ccc(O)cc2)cc1. The van der Waals surface area contributed by atoms with E-state index in [1.165, 1.54) is 0 Å². The van der Waals surface area contributed by atoms with Gasteiger partial charge in [0.05, 0.1) is 6.61 Å². The zero-order chi connectivity index (χ0) is 16.2. The number of aromatic hydroxyl groups is 1. The van der Waals surface area contributed by atoms with Gasteiger partial charge in [-0.2, -0.15) is 0 Å². The number of halogens is 1. The van der Waals surface area contributed by atoms with E-state index in [4.69, 9.17) is 16.3 Å². The van der Waals surface area contributed by atoms with Crippen LogP contribution < -0.4 is 4.74 Å². The first-order chi connectivity index (χ1) is 11.2. The molecule has 0 bridgehead atoms. The van der Waals surface area contributed by atoms with E-state index in [0.29, 0.717) is 11.6 Å². The van der Waals surface area contributed by atoms with Gasteiger partial charge in [-0.1, -0.05) is 48.0 Å². The van der Waals surface area contributed by atoms with Crippen LogP contribution in [0, 0.1) is 0 Å². The molecule has 0 unspecified atom stereocenters. The van der Waals surface area contributed by atoms with Crippen molar-refractivity contribution in [3.05, 3.63) is 71.8 Å². The molecule has 3 heteroatoms. The third-order valence-corrected chi connectivity index (χ3v) is 3.87. The highest BCUT2D eigenvalue weighted by atomic mass is 35.5. The van der Waals surface area contributed by atoms with Crippen molar-refractivity contribution >= 4 is 11.6 Å². The molecule has 3 aromatic carbocycles. The van der Waals surface area contributed by atoms with Crippen molar-refractivity contribution in [3.8, 4) is 33.8 Å². The Morgan fingerprint density at radius 2 is 1.39 bits per heavy atom. The molecule has 0 amide bonds. The Bertz CT molecular complexity index is 793. The Morgan fingerprint density at radius 3 is 2.00 bits per heavy atom. The van der Waals surface area contributed by atoms with E-state index in [1.807, 2.05) is 37.3 Å². The second-order valence-corrected chi connectivity index (χ2v) is 5.63. The average molecular weight is 325 g/mol. The summed E-state index contributed by atoms with van der Waals surface area (Å²) in [6.07, 6.45) is 0. The molecule has 0 spiro atoms. The largest absolute Gasteiger partial charge is 0.508 e. The molecule has 3 aromatic rings. The summed E-state index contributed by atoms with van der Waals surface area (Å²) in [4.78, 5) is 0. The Kier molecular flexibility index (Phi) is 4.54. The lowest BCUT2D eigenvalue weighted by Gasteiger charge is -2.11. The minimum Gasteiger partial charge on any atom is -0.508 e. The summed E-state index contributed by atoms with van der Waals surface area (Å²) in [7, 11) is 0. The van der Waals surface area contributed by atoms with Crippen molar-refractivity contribution in [2.75, 3.05) is 6.61 Å². The number of hydrogen-bond acceptors (Lipinski definition) is 2. The van der Waals surface area contributed by atoms with Gasteiger partial charge in [0.1, 0.15) is 11.5 Å². The molecule has 1 N–H and O–H groups in total. The maximum Gasteiger partial charge on any atom is 0.127 e. The lowest BCUT2D eigenvalue weighted by molar-refractivity contribution is 0.341. The van der Waals surface area contributed by atoms with Crippen LogP contribution in [0.4, 0.5) is 0 Å². The minimum absolute atomic E-state index is 0.269. The van der Waals surface area contributed by atoms with E-state index in [0.717, 1.165) is 28.0 Å². The predicted molar refractivity (Wildman–Crippen MR) is 95.2 cm³/mol. The molecule has 0 aliphatic rings. The van der Waals surface area contributed by atoms with Crippen LogP contribution in [0.15, 0.2) is 66.7 Å². The van der Waals surface area contributed by atoms with Crippen LogP contribution >= 0.6 is 11.6 Å². The molecule has 0 heterocycles. The lowest BCUT2D eigenvalue weighted by Crippen LogP contribution is -1.94. The second-order valence-electron chi connectivity index (χ2n) is 5.20. The molecule has 0 aromatic heterocycles. The monoisotopic (exact) mass is 324 g/mol. The van der Waals surface area contributed by atoms with Crippen molar-refractivity contribution in [2.45, 2.75) is 6.92 Å². The topological polar surface area (TPSA) is 29.5 Å². The Balaban J connectivity index is 1.96. The number of hydrogen-bond donors (Lipinski definition) is 1. The fraction of sp³-hybridized carbons (Fsp3) is 0.100. The van der Waals surface area contributed by atoms with E-state index in [9.17, 15) is 5.11 Å². The van der Waals surface area contributed by atoms with E-state index >= 15 is 0 Å². The maximum absolute atomic E-state index is 9.38. The first kappa shape index (κ1) is 15.4. The highest BCUT2D eigenvalue weighted by Gasteiger charge is 2.08. The summed E-state index contributed by atoms with van der Waals surface area (Å²) in [5, 5.41) is 10.1. The molecule has 2 nitrogen and oxygen atoms in total. The standard InChI is InChI=1S/C20H17ClO2/c1-2-23-20-12-9-17(21)13-19(20)16-5-3-14(4-6-16)15-7-10-18(22)11-8-15/h3-13,22H,2H2,1H3. The highest BCUT2D eigenvalue weighted by Crippen LogP contribution is 2.34. The molecule has 3 rings (SSSR count). The number of rotatable bonds is 4. The summed E-state index contributed by atoms with van der Waals surface area (Å²) in [6.45, 7) is 2.58. The maximum atomic E-state index is 9.38. The van der Waals surface area contributed by atoms with E-state index in [-0.39, 0.29) is 5.75 Å².